The van der Waals surface area contributed by atoms with Gasteiger partial charge < -0.3 is 21.1 Å². The number of nitrogens with one attached hydrogen (secondary N) is 2. The highest BCUT2D eigenvalue weighted by Gasteiger charge is 2.15. The maximum atomic E-state index is 12.4. The van der Waals surface area contributed by atoms with E-state index < -0.39 is 0 Å². The third kappa shape index (κ3) is 3.36. The number of hydrogen-bond acceptors (Lipinski definition) is 5. The van der Waals surface area contributed by atoms with Gasteiger partial charge in [-0.3, -0.25) is 4.79 Å². The fraction of sp³-hybridized carbons (Fsp3) is 0.227. The van der Waals surface area contributed by atoms with E-state index in [0.29, 0.717) is 13.1 Å². The van der Waals surface area contributed by atoms with E-state index in [-0.39, 0.29) is 18.2 Å². The topological polar surface area (TPSA) is 91.1 Å². The summed E-state index contributed by atoms with van der Waals surface area (Å²) < 4.78 is 0.737. The van der Waals surface area contributed by atoms with E-state index in [0.717, 1.165) is 43.2 Å². The van der Waals surface area contributed by atoms with Crippen LogP contribution in [0, 0.1) is 0 Å². The molecule has 2 heterocycles. The number of thiophene rings is 1. The summed E-state index contributed by atoms with van der Waals surface area (Å²) in [5.74, 6) is 0. The van der Waals surface area contributed by atoms with Crippen molar-refractivity contribution in [3.05, 3.63) is 69.3 Å². The van der Waals surface area contributed by atoms with Crippen molar-refractivity contribution in [3.63, 3.8) is 0 Å². The van der Waals surface area contributed by atoms with E-state index in [1.165, 1.54) is 11.3 Å². The van der Waals surface area contributed by atoms with Gasteiger partial charge in [0.1, 0.15) is 4.70 Å². The van der Waals surface area contributed by atoms with Gasteiger partial charge in [0.15, 0.2) is 0 Å². The lowest BCUT2D eigenvalue weighted by Gasteiger charge is -2.16. The second-order valence-electron chi connectivity index (χ2n) is 6.95. The predicted molar refractivity (Wildman–Crippen MR) is 117 cm³/mol. The molecule has 2 aromatic heterocycles. The molecule has 5 N–H and O–H groups in total. The van der Waals surface area contributed by atoms with Crippen molar-refractivity contribution in [1.82, 2.24) is 10.3 Å². The van der Waals surface area contributed by atoms with Gasteiger partial charge in [-0.15, -0.1) is 11.3 Å². The Labute approximate surface area is 166 Å². The molecule has 0 fully saturated rings. The number of H-pyrrole nitrogens is 1. The van der Waals surface area contributed by atoms with Crippen molar-refractivity contribution >= 4 is 32.3 Å². The molecule has 0 radical (unpaired) electrons. The molecule has 6 heteroatoms. The van der Waals surface area contributed by atoms with Crippen LogP contribution in [0.15, 0.2) is 52.6 Å². The summed E-state index contributed by atoms with van der Waals surface area (Å²) in [7, 11) is 0. The summed E-state index contributed by atoms with van der Waals surface area (Å²) in [4.78, 5) is 15.4. The molecule has 4 aromatic rings. The molecule has 0 amide bonds. The van der Waals surface area contributed by atoms with Gasteiger partial charge in [0.05, 0.1) is 6.61 Å². The lowest BCUT2D eigenvalue weighted by atomic mass is 9.92. The number of rotatable bonds is 6. The van der Waals surface area contributed by atoms with E-state index >= 15 is 0 Å². The maximum absolute atomic E-state index is 12.4. The molecule has 0 bridgehead atoms. The molecule has 0 saturated heterocycles. The Kier molecular flexibility index (Phi) is 5.28. The molecule has 1 unspecified atom stereocenters. The Bertz CT molecular complexity index is 1180. The number of aliphatic hydroxyl groups excluding tert-OH is 1. The van der Waals surface area contributed by atoms with Crippen molar-refractivity contribution < 1.29 is 5.11 Å². The van der Waals surface area contributed by atoms with E-state index in [9.17, 15) is 4.79 Å². The van der Waals surface area contributed by atoms with Crippen molar-refractivity contribution in [3.8, 4) is 11.1 Å². The molecule has 0 saturated carbocycles. The maximum Gasteiger partial charge on any atom is 0.266 e. The number of benzene rings is 2. The molecule has 2 aromatic carbocycles. The van der Waals surface area contributed by atoms with E-state index in [1.54, 1.807) is 0 Å². The van der Waals surface area contributed by atoms with Crippen molar-refractivity contribution in [2.24, 2.45) is 5.73 Å². The first-order chi connectivity index (χ1) is 13.6. The first-order valence-corrected chi connectivity index (χ1v) is 10.2. The third-order valence-corrected chi connectivity index (χ3v) is 5.92. The number of fused-ring (bicyclic) bond motifs is 3. The number of nitrogens with two attached hydrogens (primary N) is 1. The minimum atomic E-state index is -0.0538. The van der Waals surface area contributed by atoms with Crippen LogP contribution < -0.4 is 16.6 Å². The number of aliphatic hydroxyl groups is 1. The highest BCUT2D eigenvalue weighted by molar-refractivity contribution is 7.17. The van der Waals surface area contributed by atoms with E-state index in [4.69, 9.17) is 10.8 Å². The summed E-state index contributed by atoms with van der Waals surface area (Å²) in [5, 5.41) is 16.4. The number of aromatic amines is 1. The average molecular weight is 394 g/mol. The molecule has 0 spiro atoms. The predicted octanol–water partition coefficient (Wildman–Crippen LogP) is 3.51. The molecule has 5 nitrogen and oxygen atoms in total. The molecule has 4 rings (SSSR count). The van der Waals surface area contributed by atoms with Crippen molar-refractivity contribution in [2.45, 2.75) is 19.5 Å². The van der Waals surface area contributed by atoms with Crippen LogP contribution in [-0.2, 0) is 6.54 Å². The van der Waals surface area contributed by atoms with Gasteiger partial charge >= 0.3 is 0 Å². The zero-order valence-corrected chi connectivity index (χ0v) is 16.5. The largest absolute Gasteiger partial charge is 0.395 e. The number of hydrogen-bond donors (Lipinski definition) is 4. The minimum absolute atomic E-state index is 0.0211. The van der Waals surface area contributed by atoms with Gasteiger partial charge in [-0.1, -0.05) is 30.3 Å². The Morgan fingerprint density at radius 2 is 1.96 bits per heavy atom. The van der Waals surface area contributed by atoms with Crippen LogP contribution in [0.4, 0.5) is 0 Å². The highest BCUT2D eigenvalue weighted by Crippen LogP contribution is 2.36. The van der Waals surface area contributed by atoms with Crippen LogP contribution in [0.5, 0.6) is 0 Å². The molecule has 144 valence electrons. The summed E-state index contributed by atoms with van der Waals surface area (Å²) in [6, 6.07) is 14.3. The molecule has 0 aliphatic carbocycles. The van der Waals surface area contributed by atoms with Crippen molar-refractivity contribution in [2.75, 3.05) is 13.2 Å². The minimum Gasteiger partial charge on any atom is -0.395 e. The van der Waals surface area contributed by atoms with Crippen LogP contribution >= 0.6 is 11.3 Å². The Morgan fingerprint density at radius 1 is 1.18 bits per heavy atom. The molecular formula is C22H23N3O2S. The van der Waals surface area contributed by atoms with Gasteiger partial charge in [0.2, 0.25) is 0 Å². The van der Waals surface area contributed by atoms with Crippen LogP contribution in [0.3, 0.4) is 0 Å². The van der Waals surface area contributed by atoms with Gasteiger partial charge in [0, 0.05) is 35.4 Å². The lowest BCUT2D eigenvalue weighted by molar-refractivity contribution is 0.292. The zero-order valence-electron chi connectivity index (χ0n) is 15.7. The van der Waals surface area contributed by atoms with Gasteiger partial charge in [-0.25, -0.2) is 0 Å². The molecule has 0 aliphatic rings. The second-order valence-corrected chi connectivity index (χ2v) is 7.87. The van der Waals surface area contributed by atoms with Crippen LogP contribution in [0.1, 0.15) is 24.1 Å². The monoisotopic (exact) mass is 393 g/mol. The number of pyridine rings is 1. The molecule has 28 heavy (non-hydrogen) atoms. The Morgan fingerprint density at radius 3 is 2.68 bits per heavy atom. The number of aromatic nitrogens is 1. The summed E-state index contributed by atoms with van der Waals surface area (Å²) in [5.41, 5.74) is 11.2. The van der Waals surface area contributed by atoms with E-state index in [2.05, 4.69) is 34.6 Å². The van der Waals surface area contributed by atoms with Crippen LogP contribution in [0.2, 0.25) is 0 Å². The van der Waals surface area contributed by atoms with Gasteiger partial charge in [0.25, 0.3) is 5.56 Å². The summed E-state index contributed by atoms with van der Waals surface area (Å²) in [6.07, 6.45) is 0. The molecular weight excluding hydrogens is 370 g/mol. The standard InChI is InChI=1S/C22H23N3O2S/c1-13(23)14-2-4-15(5-3-14)19-16(12-24-9-10-26)6-7-18-20(19)17-8-11-28-21(17)22(27)25-18/h2-8,11,13,24,26H,9-10,12,23H2,1H3,(H,25,27). The fourth-order valence-electron chi connectivity index (χ4n) is 3.62. The first-order valence-electron chi connectivity index (χ1n) is 9.32. The quantitative estimate of drug-likeness (QED) is 0.377. The molecule has 1 atom stereocenters. The smallest absolute Gasteiger partial charge is 0.266 e. The average Bonchev–Trinajstić information content (AvgIpc) is 3.19. The SMILES string of the molecule is CC(N)c1ccc(-c2c(CNCCO)ccc3[nH]c(=O)c4sccc4c23)cc1. The van der Waals surface area contributed by atoms with Crippen molar-refractivity contribution in [1.29, 1.82) is 0 Å². The molecule has 0 aliphatic heterocycles. The highest BCUT2D eigenvalue weighted by atomic mass is 32.1. The third-order valence-electron chi connectivity index (χ3n) is 5.01. The van der Waals surface area contributed by atoms with Crippen LogP contribution in [0.25, 0.3) is 32.1 Å². The fourth-order valence-corrected chi connectivity index (χ4v) is 4.42. The lowest BCUT2D eigenvalue weighted by Crippen LogP contribution is -2.18. The Balaban J connectivity index is 1.99. The second kappa shape index (κ2) is 7.85. The van der Waals surface area contributed by atoms with Gasteiger partial charge in [-0.2, -0.15) is 0 Å². The zero-order chi connectivity index (χ0) is 19.7. The van der Waals surface area contributed by atoms with E-state index in [1.807, 2.05) is 30.5 Å². The summed E-state index contributed by atoms with van der Waals surface area (Å²) in [6.45, 7) is 3.22. The Hall–Kier alpha value is -2.51. The summed E-state index contributed by atoms with van der Waals surface area (Å²) >= 11 is 1.46. The van der Waals surface area contributed by atoms with Crippen LogP contribution in [-0.4, -0.2) is 23.2 Å². The normalized spacial score (nSPS) is 12.7. The van der Waals surface area contributed by atoms with Gasteiger partial charge in [-0.05, 0) is 46.7 Å². The first kappa shape index (κ1) is 18.8.